The van der Waals surface area contributed by atoms with Crippen molar-refractivity contribution >= 4 is 10.8 Å². The second kappa shape index (κ2) is 5.10. The molecule has 0 aromatic heterocycles. The van der Waals surface area contributed by atoms with E-state index < -0.39 is 6.10 Å². The van der Waals surface area contributed by atoms with Gasteiger partial charge >= 0.3 is 0 Å². The Balaban J connectivity index is 1.90. The van der Waals surface area contributed by atoms with Crippen molar-refractivity contribution in [2.75, 3.05) is 0 Å². The minimum atomic E-state index is -0.407. The van der Waals surface area contributed by atoms with E-state index in [1.807, 2.05) is 24.3 Å². The van der Waals surface area contributed by atoms with Crippen molar-refractivity contribution in [1.29, 1.82) is 0 Å². The molecule has 0 spiro atoms. The molecule has 2 aromatic rings. The van der Waals surface area contributed by atoms with Crippen LogP contribution in [0, 0.1) is 5.41 Å². The molecule has 0 aliphatic heterocycles. The molecular formula is C18H22O2. The highest BCUT2D eigenvalue weighted by Crippen LogP contribution is 2.38. The Hall–Kier alpha value is -1.54. The summed E-state index contributed by atoms with van der Waals surface area (Å²) in [5.74, 6) is 0.879. The summed E-state index contributed by atoms with van der Waals surface area (Å²) in [5.41, 5.74) is -0.0620. The van der Waals surface area contributed by atoms with Gasteiger partial charge in [0.2, 0.25) is 0 Å². The maximum Gasteiger partial charge on any atom is 0.127 e. The minimum Gasteiger partial charge on any atom is -0.487 e. The average Bonchev–Trinajstić information content (AvgIpc) is 2.44. The molecule has 3 rings (SSSR count). The summed E-state index contributed by atoms with van der Waals surface area (Å²) in [6.45, 7) is 4.24. The molecule has 1 N–H and O–H groups in total. The van der Waals surface area contributed by atoms with E-state index in [2.05, 4.69) is 32.0 Å². The fraction of sp³-hybridized carbons (Fsp3) is 0.444. The molecule has 0 bridgehead atoms. The number of benzene rings is 2. The van der Waals surface area contributed by atoms with Crippen molar-refractivity contribution in [3.05, 3.63) is 42.5 Å². The summed E-state index contributed by atoms with van der Waals surface area (Å²) < 4.78 is 6.17. The van der Waals surface area contributed by atoms with E-state index in [4.69, 9.17) is 4.74 Å². The molecule has 0 heterocycles. The fourth-order valence-corrected chi connectivity index (χ4v) is 3.15. The number of fused-ring (bicyclic) bond motifs is 1. The number of hydrogen-bond acceptors (Lipinski definition) is 2. The zero-order valence-corrected chi connectivity index (χ0v) is 12.2. The van der Waals surface area contributed by atoms with Gasteiger partial charge in [-0.1, -0.05) is 50.2 Å². The van der Waals surface area contributed by atoms with Gasteiger partial charge in [0.1, 0.15) is 11.9 Å². The van der Waals surface area contributed by atoms with Crippen LogP contribution in [-0.4, -0.2) is 17.3 Å². The summed E-state index contributed by atoms with van der Waals surface area (Å²) in [7, 11) is 0. The lowest BCUT2D eigenvalue weighted by Gasteiger charge is -2.40. The molecular weight excluding hydrogens is 248 g/mol. The second-order valence-electron chi connectivity index (χ2n) is 6.46. The Morgan fingerprint density at radius 1 is 1.10 bits per heavy atom. The Bertz CT molecular complexity index is 598. The van der Waals surface area contributed by atoms with Gasteiger partial charge in [-0.3, -0.25) is 0 Å². The maximum absolute atomic E-state index is 10.5. The zero-order chi connectivity index (χ0) is 14.2. The molecule has 2 nitrogen and oxygen atoms in total. The first kappa shape index (κ1) is 13.4. The van der Waals surface area contributed by atoms with Crippen molar-refractivity contribution in [2.24, 2.45) is 5.41 Å². The molecule has 0 radical (unpaired) electrons. The van der Waals surface area contributed by atoms with Gasteiger partial charge in [0.25, 0.3) is 0 Å². The van der Waals surface area contributed by atoms with E-state index in [0.717, 1.165) is 30.4 Å². The van der Waals surface area contributed by atoms with Gasteiger partial charge in [-0.25, -0.2) is 0 Å². The first-order chi connectivity index (χ1) is 9.58. The molecule has 1 aliphatic carbocycles. The largest absolute Gasteiger partial charge is 0.487 e. The van der Waals surface area contributed by atoms with Gasteiger partial charge < -0.3 is 9.84 Å². The lowest BCUT2D eigenvalue weighted by molar-refractivity contribution is -0.0684. The Kier molecular flexibility index (Phi) is 3.43. The predicted molar refractivity (Wildman–Crippen MR) is 82.0 cm³/mol. The van der Waals surface area contributed by atoms with Crippen LogP contribution in [0.3, 0.4) is 0 Å². The van der Waals surface area contributed by atoms with Crippen LogP contribution in [0.4, 0.5) is 0 Å². The Morgan fingerprint density at radius 2 is 1.85 bits per heavy atom. The molecule has 0 saturated heterocycles. The molecule has 2 unspecified atom stereocenters. The van der Waals surface area contributed by atoms with Crippen LogP contribution in [-0.2, 0) is 0 Å². The van der Waals surface area contributed by atoms with E-state index in [0.29, 0.717) is 0 Å². The van der Waals surface area contributed by atoms with E-state index in [1.54, 1.807) is 0 Å². The van der Waals surface area contributed by atoms with Gasteiger partial charge in [0, 0.05) is 5.39 Å². The number of ether oxygens (including phenoxy) is 1. The lowest BCUT2D eigenvalue weighted by Crippen LogP contribution is -2.46. The van der Waals surface area contributed by atoms with E-state index in [1.165, 1.54) is 5.39 Å². The topological polar surface area (TPSA) is 29.5 Å². The van der Waals surface area contributed by atoms with Gasteiger partial charge in [0.05, 0.1) is 6.10 Å². The monoisotopic (exact) mass is 270 g/mol. The maximum atomic E-state index is 10.5. The van der Waals surface area contributed by atoms with Gasteiger partial charge in [-0.05, 0) is 36.1 Å². The summed E-state index contributed by atoms with van der Waals surface area (Å²) in [4.78, 5) is 0. The molecule has 1 saturated carbocycles. The van der Waals surface area contributed by atoms with Crippen molar-refractivity contribution in [3.8, 4) is 5.75 Å². The average molecular weight is 270 g/mol. The van der Waals surface area contributed by atoms with Crippen LogP contribution in [0.1, 0.15) is 33.1 Å². The molecule has 2 atom stereocenters. The summed E-state index contributed by atoms with van der Waals surface area (Å²) >= 11 is 0. The van der Waals surface area contributed by atoms with Crippen molar-refractivity contribution in [1.82, 2.24) is 0 Å². The molecule has 1 fully saturated rings. The van der Waals surface area contributed by atoms with Crippen molar-refractivity contribution in [3.63, 3.8) is 0 Å². The number of aliphatic hydroxyl groups is 1. The Labute approximate surface area is 120 Å². The highest BCUT2D eigenvalue weighted by atomic mass is 16.5. The van der Waals surface area contributed by atoms with Crippen LogP contribution in [0.2, 0.25) is 0 Å². The van der Waals surface area contributed by atoms with Crippen LogP contribution in [0.5, 0.6) is 5.75 Å². The molecule has 106 valence electrons. The summed E-state index contributed by atoms with van der Waals surface area (Å²) in [5, 5.41) is 12.8. The highest BCUT2D eigenvalue weighted by Gasteiger charge is 2.39. The predicted octanol–water partition coefficient (Wildman–Crippen LogP) is 4.16. The SMILES string of the molecule is CC1(C)CCCC(Oc2cccc3ccccc23)C1O. The van der Waals surface area contributed by atoms with E-state index in [-0.39, 0.29) is 11.5 Å². The van der Waals surface area contributed by atoms with Gasteiger partial charge in [-0.2, -0.15) is 0 Å². The lowest BCUT2D eigenvalue weighted by atomic mass is 9.73. The van der Waals surface area contributed by atoms with Crippen LogP contribution in [0.25, 0.3) is 10.8 Å². The smallest absolute Gasteiger partial charge is 0.127 e. The van der Waals surface area contributed by atoms with Gasteiger partial charge in [-0.15, -0.1) is 0 Å². The first-order valence-electron chi connectivity index (χ1n) is 7.40. The van der Waals surface area contributed by atoms with Crippen LogP contribution >= 0.6 is 0 Å². The van der Waals surface area contributed by atoms with E-state index >= 15 is 0 Å². The first-order valence-corrected chi connectivity index (χ1v) is 7.40. The third-order valence-corrected chi connectivity index (χ3v) is 4.49. The molecule has 2 aromatic carbocycles. The Morgan fingerprint density at radius 3 is 2.70 bits per heavy atom. The summed E-state index contributed by atoms with van der Waals surface area (Å²) in [6, 6.07) is 14.3. The number of aliphatic hydroxyl groups excluding tert-OH is 1. The summed E-state index contributed by atoms with van der Waals surface area (Å²) in [6.07, 6.45) is 2.58. The number of hydrogen-bond donors (Lipinski definition) is 1. The third-order valence-electron chi connectivity index (χ3n) is 4.49. The normalized spacial score (nSPS) is 25.6. The van der Waals surface area contributed by atoms with Crippen LogP contribution < -0.4 is 4.74 Å². The number of rotatable bonds is 2. The molecule has 0 amide bonds. The van der Waals surface area contributed by atoms with Crippen molar-refractivity contribution in [2.45, 2.75) is 45.3 Å². The fourth-order valence-electron chi connectivity index (χ4n) is 3.15. The third kappa shape index (κ3) is 2.40. The highest BCUT2D eigenvalue weighted by molar-refractivity contribution is 5.88. The minimum absolute atomic E-state index is 0.0620. The molecule has 2 heteroatoms. The zero-order valence-electron chi connectivity index (χ0n) is 12.2. The quantitative estimate of drug-likeness (QED) is 0.888. The standard InChI is InChI=1S/C18H22O2/c1-18(2)12-6-11-16(17(18)19)20-15-10-5-8-13-7-3-4-9-14(13)15/h3-5,7-10,16-17,19H,6,11-12H2,1-2H3. The van der Waals surface area contributed by atoms with Crippen molar-refractivity contribution < 1.29 is 9.84 Å². The van der Waals surface area contributed by atoms with Crippen LogP contribution in [0.15, 0.2) is 42.5 Å². The molecule has 1 aliphatic rings. The second-order valence-corrected chi connectivity index (χ2v) is 6.46. The molecule has 20 heavy (non-hydrogen) atoms. The van der Waals surface area contributed by atoms with E-state index in [9.17, 15) is 5.11 Å². The van der Waals surface area contributed by atoms with Gasteiger partial charge in [0.15, 0.2) is 0 Å².